The van der Waals surface area contributed by atoms with Gasteiger partial charge in [-0.05, 0) is 72.9 Å². The number of anilines is 2. The number of ether oxygens (including phenoxy) is 1. The van der Waals surface area contributed by atoms with Gasteiger partial charge in [-0.3, -0.25) is 9.71 Å². The zero-order chi connectivity index (χ0) is 26.2. The maximum atomic E-state index is 11.8. The van der Waals surface area contributed by atoms with E-state index < -0.39 is 10.0 Å². The number of halogens is 1. The summed E-state index contributed by atoms with van der Waals surface area (Å²) in [7, 11) is -2.01. The van der Waals surface area contributed by atoms with Crippen LogP contribution in [0, 0.1) is 0 Å². The minimum atomic E-state index is -3.49. The Balaban J connectivity index is 1.59. The van der Waals surface area contributed by atoms with Crippen molar-refractivity contribution in [1.29, 1.82) is 0 Å². The number of nitrogens with zero attached hydrogens (tertiary/aromatic N) is 2. The van der Waals surface area contributed by atoms with Crippen LogP contribution in [0.15, 0.2) is 83.4 Å². The number of aromatic nitrogens is 1. The van der Waals surface area contributed by atoms with E-state index >= 15 is 0 Å². The minimum Gasteiger partial charge on any atom is -0.494 e. The average molecular weight is 555 g/mol. The molecule has 0 aliphatic carbocycles. The third-order valence-electron chi connectivity index (χ3n) is 5.90. The van der Waals surface area contributed by atoms with Crippen molar-refractivity contribution < 1.29 is 17.6 Å². The van der Waals surface area contributed by atoms with Gasteiger partial charge in [-0.2, -0.15) is 0 Å². The summed E-state index contributed by atoms with van der Waals surface area (Å²) in [5, 5.41) is 4.49. The monoisotopic (exact) mass is 554 g/mol. The molecule has 0 bridgehead atoms. The zero-order valence-electron chi connectivity index (χ0n) is 19.9. The molecule has 8 nitrogen and oxygen atoms in total. The largest absolute Gasteiger partial charge is 0.494 e. The normalized spacial score (nSPS) is 17.5. The van der Waals surface area contributed by atoms with Crippen LogP contribution < -0.4 is 19.7 Å². The van der Waals surface area contributed by atoms with Gasteiger partial charge in [0.1, 0.15) is 23.3 Å². The molecule has 0 amide bonds. The van der Waals surface area contributed by atoms with Gasteiger partial charge in [0, 0.05) is 28.5 Å². The highest BCUT2D eigenvalue weighted by Crippen LogP contribution is 2.44. The van der Waals surface area contributed by atoms with E-state index in [2.05, 4.69) is 15.0 Å². The maximum Gasteiger partial charge on any atom is 0.229 e. The zero-order valence-corrected chi connectivity index (χ0v) is 22.3. The summed E-state index contributed by atoms with van der Waals surface area (Å²) in [4.78, 5) is 6.48. The predicted octanol–water partition coefficient (Wildman–Crippen LogP) is 5.55. The van der Waals surface area contributed by atoms with E-state index in [9.17, 15) is 8.42 Å². The van der Waals surface area contributed by atoms with Crippen LogP contribution in [0.4, 0.5) is 11.4 Å². The lowest BCUT2D eigenvalue weighted by Crippen LogP contribution is -2.29. The van der Waals surface area contributed by atoms with Crippen LogP contribution in [-0.2, 0) is 10.0 Å². The number of sulfonamides is 1. The first-order valence-electron chi connectivity index (χ1n) is 11.3. The lowest BCUT2D eigenvalue weighted by molar-refractivity contribution is 0.416. The van der Waals surface area contributed by atoms with Crippen LogP contribution in [0.5, 0.6) is 5.75 Å². The van der Waals surface area contributed by atoms with E-state index in [0.29, 0.717) is 38.8 Å². The Bertz CT molecular complexity index is 1540. The fraction of sp³-hybridized carbons (Fsp3) is 0.154. The van der Waals surface area contributed by atoms with Gasteiger partial charge in [-0.15, -0.1) is 0 Å². The molecule has 0 radical (unpaired) electrons. The molecule has 0 unspecified atom stereocenters. The Morgan fingerprint density at radius 3 is 2.57 bits per heavy atom. The van der Waals surface area contributed by atoms with Gasteiger partial charge in [0.25, 0.3) is 0 Å². The van der Waals surface area contributed by atoms with Gasteiger partial charge in [0.15, 0.2) is 5.11 Å². The lowest BCUT2D eigenvalue weighted by atomic mass is 10.0. The number of pyridine rings is 1. The quantitative estimate of drug-likeness (QED) is 0.287. The summed E-state index contributed by atoms with van der Waals surface area (Å²) >= 11 is 11.8. The number of thiocarbonyl (C=S) groups is 1. The highest BCUT2D eigenvalue weighted by atomic mass is 35.5. The molecular formula is C26H23ClN4O4S2. The molecule has 2 aromatic heterocycles. The van der Waals surface area contributed by atoms with Gasteiger partial charge >= 0.3 is 0 Å². The Hall–Kier alpha value is -3.60. The summed E-state index contributed by atoms with van der Waals surface area (Å²) < 4.78 is 37.9. The standard InChI is InChI=1S/C26H23ClN4O4S2/c1-34-23-15-18(10-11-19(23)30-37(2,32)33)31-25(24(29-26(31)36)20-5-3-4-14-28-20)22-13-12-21(35-22)16-6-8-17(27)9-7-16/h3-15,24-25,30H,1-2H3,(H,29,36)/t24-,25-/m0/s1. The number of nitrogens with one attached hydrogen (secondary N) is 2. The molecule has 37 heavy (non-hydrogen) atoms. The number of rotatable bonds is 7. The SMILES string of the molecule is COc1cc(N2C(=S)N[C@@H](c3ccccn3)[C@@H]2c2ccc(-c3ccc(Cl)cc3)o2)ccc1NS(C)(=O)=O. The second-order valence-electron chi connectivity index (χ2n) is 8.46. The average Bonchev–Trinajstić information content (AvgIpc) is 3.49. The second kappa shape index (κ2) is 10.0. The number of methoxy groups -OCH3 is 1. The predicted molar refractivity (Wildman–Crippen MR) is 149 cm³/mol. The van der Waals surface area contributed by atoms with Crippen molar-refractivity contribution in [1.82, 2.24) is 10.3 Å². The molecule has 1 fully saturated rings. The van der Waals surface area contributed by atoms with Gasteiger partial charge in [-0.1, -0.05) is 17.7 Å². The highest BCUT2D eigenvalue weighted by molar-refractivity contribution is 7.92. The first-order valence-corrected chi connectivity index (χ1v) is 13.9. The van der Waals surface area contributed by atoms with Crippen molar-refractivity contribution in [2.24, 2.45) is 0 Å². The summed E-state index contributed by atoms with van der Waals surface area (Å²) in [5.41, 5.74) is 2.71. The Morgan fingerprint density at radius 1 is 1.11 bits per heavy atom. The van der Waals surface area contributed by atoms with E-state index in [4.69, 9.17) is 33.0 Å². The van der Waals surface area contributed by atoms with Crippen molar-refractivity contribution >= 4 is 50.3 Å². The van der Waals surface area contributed by atoms with Crippen molar-refractivity contribution in [2.45, 2.75) is 12.1 Å². The maximum absolute atomic E-state index is 11.8. The van der Waals surface area contributed by atoms with E-state index in [1.165, 1.54) is 7.11 Å². The van der Waals surface area contributed by atoms with Gasteiger partial charge < -0.3 is 19.4 Å². The molecule has 5 rings (SSSR count). The highest BCUT2D eigenvalue weighted by Gasteiger charge is 2.42. The molecule has 1 saturated heterocycles. The van der Waals surface area contributed by atoms with Gasteiger partial charge in [0.2, 0.25) is 10.0 Å². The van der Waals surface area contributed by atoms with Crippen molar-refractivity contribution in [3.63, 3.8) is 0 Å². The molecule has 2 atom stereocenters. The first-order chi connectivity index (χ1) is 17.7. The number of furan rings is 1. The van der Waals surface area contributed by atoms with Gasteiger partial charge in [0.05, 0.1) is 30.8 Å². The Kier molecular flexibility index (Phi) is 6.80. The topological polar surface area (TPSA) is 96.7 Å². The second-order valence-corrected chi connectivity index (χ2v) is 11.0. The summed E-state index contributed by atoms with van der Waals surface area (Å²) in [5.74, 6) is 1.71. The Morgan fingerprint density at radius 2 is 1.89 bits per heavy atom. The van der Waals surface area contributed by atoms with Gasteiger partial charge in [-0.25, -0.2) is 8.42 Å². The van der Waals surface area contributed by atoms with Crippen molar-refractivity contribution in [3.05, 3.63) is 95.5 Å². The van der Waals surface area contributed by atoms with Crippen molar-refractivity contribution in [3.8, 4) is 17.1 Å². The van der Waals surface area contributed by atoms with E-state index in [0.717, 1.165) is 17.5 Å². The molecule has 1 aliphatic heterocycles. The van der Waals surface area contributed by atoms with Crippen LogP contribution in [-0.4, -0.2) is 31.9 Å². The molecule has 2 N–H and O–H groups in total. The smallest absolute Gasteiger partial charge is 0.229 e. The number of benzene rings is 2. The minimum absolute atomic E-state index is 0.308. The molecule has 190 valence electrons. The lowest BCUT2D eigenvalue weighted by Gasteiger charge is -2.26. The fourth-order valence-electron chi connectivity index (χ4n) is 4.32. The number of hydrogen-bond acceptors (Lipinski definition) is 6. The summed E-state index contributed by atoms with van der Waals surface area (Å²) in [6.07, 6.45) is 2.82. The molecule has 1 aliphatic rings. The molecule has 11 heteroatoms. The molecule has 0 spiro atoms. The summed E-state index contributed by atoms with van der Waals surface area (Å²) in [6, 6.07) is 21.4. The molecule has 3 heterocycles. The van der Waals surface area contributed by atoms with E-state index in [1.54, 1.807) is 24.4 Å². The fourth-order valence-corrected chi connectivity index (χ4v) is 5.36. The summed E-state index contributed by atoms with van der Waals surface area (Å²) in [6.45, 7) is 0. The third kappa shape index (κ3) is 5.27. The molecule has 2 aromatic carbocycles. The van der Waals surface area contributed by atoms with E-state index in [-0.39, 0.29) is 12.1 Å². The van der Waals surface area contributed by atoms with E-state index in [1.807, 2.05) is 59.5 Å². The molecular weight excluding hydrogens is 532 g/mol. The van der Waals surface area contributed by atoms with Crippen molar-refractivity contribution in [2.75, 3.05) is 23.0 Å². The Labute approximate surface area is 225 Å². The van der Waals surface area contributed by atoms with Crippen LogP contribution in [0.3, 0.4) is 0 Å². The van der Waals surface area contributed by atoms with Crippen LogP contribution in [0.1, 0.15) is 23.5 Å². The number of hydrogen-bond donors (Lipinski definition) is 2. The van der Waals surface area contributed by atoms with Crippen LogP contribution in [0.25, 0.3) is 11.3 Å². The van der Waals surface area contributed by atoms with Crippen LogP contribution >= 0.6 is 23.8 Å². The molecule has 0 saturated carbocycles. The third-order valence-corrected chi connectivity index (χ3v) is 7.06. The van der Waals surface area contributed by atoms with Crippen LogP contribution in [0.2, 0.25) is 5.02 Å². The first kappa shape index (κ1) is 25.1. The molecule has 4 aromatic rings.